The van der Waals surface area contributed by atoms with Gasteiger partial charge in [0.25, 0.3) is 11.8 Å². The summed E-state index contributed by atoms with van der Waals surface area (Å²) in [6.45, 7) is 0. The number of hydrogen-bond donors (Lipinski definition) is 3. The molecule has 4 aromatic rings. The summed E-state index contributed by atoms with van der Waals surface area (Å²) >= 11 is 11.8. The van der Waals surface area contributed by atoms with Crippen molar-refractivity contribution in [1.29, 1.82) is 0 Å². The van der Waals surface area contributed by atoms with Crippen molar-refractivity contribution in [3.05, 3.63) is 112 Å². The Kier molecular flexibility index (Phi) is 6.88. The minimum absolute atomic E-state index is 0.279. The number of hydrogen-bond acceptors (Lipinski definition) is 4. The Labute approximate surface area is 200 Å². The molecule has 4 rings (SSSR count). The Morgan fingerprint density at radius 3 is 1.67 bits per heavy atom. The molecule has 0 aliphatic carbocycles. The van der Waals surface area contributed by atoms with E-state index in [-0.39, 0.29) is 11.8 Å². The van der Waals surface area contributed by atoms with Crippen LogP contribution in [0, 0.1) is 0 Å². The zero-order valence-corrected chi connectivity index (χ0v) is 18.7. The van der Waals surface area contributed by atoms with Crippen LogP contribution in [0.15, 0.2) is 91.1 Å². The molecular weight excluding hydrogens is 459 g/mol. The smallest absolute Gasteiger partial charge is 0.255 e. The number of nitrogens with zero attached hydrogens (tertiary/aromatic N) is 1. The molecule has 0 atom stereocenters. The third kappa shape index (κ3) is 5.68. The molecule has 0 spiro atoms. The number of rotatable bonds is 6. The summed E-state index contributed by atoms with van der Waals surface area (Å²) < 4.78 is 0. The summed E-state index contributed by atoms with van der Waals surface area (Å²) in [5, 5.41) is 10.0. The first-order chi connectivity index (χ1) is 16.0. The summed E-state index contributed by atoms with van der Waals surface area (Å²) in [4.78, 5) is 29.7. The average molecular weight is 477 g/mol. The van der Waals surface area contributed by atoms with E-state index < -0.39 is 0 Å². The van der Waals surface area contributed by atoms with Crippen LogP contribution in [0.25, 0.3) is 0 Å². The fourth-order valence-corrected chi connectivity index (χ4v) is 3.28. The van der Waals surface area contributed by atoms with Crippen molar-refractivity contribution in [3.63, 3.8) is 0 Å². The van der Waals surface area contributed by atoms with E-state index in [0.717, 1.165) is 0 Å². The van der Waals surface area contributed by atoms with E-state index in [4.69, 9.17) is 23.2 Å². The van der Waals surface area contributed by atoms with Crippen molar-refractivity contribution < 1.29 is 9.59 Å². The van der Waals surface area contributed by atoms with Gasteiger partial charge < -0.3 is 16.0 Å². The van der Waals surface area contributed by atoms with Crippen LogP contribution < -0.4 is 16.0 Å². The van der Waals surface area contributed by atoms with Crippen LogP contribution >= 0.6 is 23.2 Å². The molecule has 0 unspecified atom stereocenters. The van der Waals surface area contributed by atoms with Gasteiger partial charge >= 0.3 is 0 Å². The topological polar surface area (TPSA) is 83.1 Å². The van der Waals surface area contributed by atoms with Crippen molar-refractivity contribution in [3.8, 4) is 0 Å². The number of para-hydroxylation sites is 2. The summed E-state index contributed by atoms with van der Waals surface area (Å²) in [7, 11) is 0. The lowest BCUT2D eigenvalue weighted by Gasteiger charge is -2.15. The third-order valence-corrected chi connectivity index (χ3v) is 5.20. The summed E-state index contributed by atoms with van der Waals surface area (Å²) in [5.74, 6) is -0.154. The highest BCUT2D eigenvalue weighted by Gasteiger charge is 2.13. The second kappa shape index (κ2) is 10.2. The lowest BCUT2D eigenvalue weighted by molar-refractivity contribution is 0.101. The van der Waals surface area contributed by atoms with E-state index in [0.29, 0.717) is 44.1 Å². The highest BCUT2D eigenvalue weighted by molar-refractivity contribution is 6.31. The molecule has 0 fully saturated rings. The molecular formula is C25H18Cl2N4O2. The van der Waals surface area contributed by atoms with Gasteiger partial charge in [0.2, 0.25) is 0 Å². The van der Waals surface area contributed by atoms with Gasteiger partial charge in [-0.15, -0.1) is 0 Å². The number of pyridine rings is 1. The first-order valence-corrected chi connectivity index (χ1v) is 10.7. The zero-order chi connectivity index (χ0) is 23.2. The monoisotopic (exact) mass is 476 g/mol. The number of benzene rings is 3. The Bertz CT molecular complexity index is 1190. The van der Waals surface area contributed by atoms with Gasteiger partial charge in [-0.25, -0.2) is 4.98 Å². The van der Waals surface area contributed by atoms with E-state index in [1.54, 1.807) is 79.0 Å². The maximum atomic E-state index is 12.7. The number of amides is 2. The molecule has 0 bridgehead atoms. The third-order valence-electron chi connectivity index (χ3n) is 4.70. The van der Waals surface area contributed by atoms with Gasteiger partial charge in [0, 0.05) is 27.4 Å². The van der Waals surface area contributed by atoms with E-state index in [2.05, 4.69) is 20.9 Å². The van der Waals surface area contributed by atoms with Gasteiger partial charge in [0.05, 0.1) is 17.1 Å². The molecule has 33 heavy (non-hydrogen) atoms. The zero-order valence-electron chi connectivity index (χ0n) is 17.2. The Balaban J connectivity index is 1.54. The van der Waals surface area contributed by atoms with Gasteiger partial charge in [0.1, 0.15) is 0 Å². The number of carbonyl (C=O) groups excluding carboxylic acids is 2. The van der Waals surface area contributed by atoms with Crippen molar-refractivity contribution in [1.82, 2.24) is 4.98 Å². The first-order valence-electron chi connectivity index (χ1n) is 9.94. The van der Waals surface area contributed by atoms with Crippen molar-refractivity contribution >= 4 is 57.9 Å². The molecule has 2 amide bonds. The fraction of sp³-hybridized carbons (Fsp3) is 0. The lowest BCUT2D eigenvalue weighted by atomic mass is 10.2. The molecule has 6 nitrogen and oxygen atoms in total. The van der Waals surface area contributed by atoms with Gasteiger partial charge in [-0.2, -0.15) is 0 Å². The maximum absolute atomic E-state index is 12.7. The van der Waals surface area contributed by atoms with Crippen LogP contribution in [0.2, 0.25) is 10.0 Å². The molecule has 0 aliphatic rings. The van der Waals surface area contributed by atoms with Gasteiger partial charge in [-0.05, 0) is 72.8 Å². The Morgan fingerprint density at radius 2 is 1.09 bits per heavy atom. The molecule has 0 radical (unpaired) electrons. The van der Waals surface area contributed by atoms with Gasteiger partial charge in [0.15, 0.2) is 5.82 Å². The predicted octanol–water partition coefficient (Wildman–Crippen LogP) is 6.64. The molecule has 0 saturated heterocycles. The number of halogens is 2. The van der Waals surface area contributed by atoms with Gasteiger partial charge in [-0.3, -0.25) is 9.59 Å². The maximum Gasteiger partial charge on any atom is 0.255 e. The fourth-order valence-electron chi connectivity index (χ4n) is 3.03. The SMILES string of the molecule is O=C(Nc1ccccc1Nc1ncccc1NC(=O)c1ccc(Cl)cc1)c1ccc(Cl)cc1. The van der Waals surface area contributed by atoms with Crippen LogP contribution in [0.4, 0.5) is 22.9 Å². The molecule has 8 heteroatoms. The number of nitrogens with one attached hydrogen (secondary N) is 3. The second-order valence-electron chi connectivity index (χ2n) is 6.99. The quantitative estimate of drug-likeness (QED) is 0.291. The number of aromatic nitrogens is 1. The summed E-state index contributed by atoms with van der Waals surface area (Å²) in [6.07, 6.45) is 1.61. The van der Waals surface area contributed by atoms with Crippen LogP contribution in [-0.4, -0.2) is 16.8 Å². The number of carbonyl (C=O) groups is 2. The highest BCUT2D eigenvalue weighted by Crippen LogP contribution is 2.29. The molecule has 0 aliphatic heterocycles. The minimum atomic E-state index is -0.299. The van der Waals surface area contributed by atoms with Crippen LogP contribution in [0.1, 0.15) is 20.7 Å². The van der Waals surface area contributed by atoms with Crippen molar-refractivity contribution in [2.24, 2.45) is 0 Å². The number of anilines is 4. The Hall–Kier alpha value is -3.87. The van der Waals surface area contributed by atoms with E-state index in [1.165, 1.54) is 0 Å². The van der Waals surface area contributed by atoms with Gasteiger partial charge in [-0.1, -0.05) is 35.3 Å². The molecule has 164 valence electrons. The van der Waals surface area contributed by atoms with Crippen LogP contribution in [-0.2, 0) is 0 Å². The second-order valence-corrected chi connectivity index (χ2v) is 7.87. The minimum Gasteiger partial charge on any atom is -0.337 e. The summed E-state index contributed by atoms with van der Waals surface area (Å²) in [6, 6.07) is 23.9. The molecule has 1 aromatic heterocycles. The Morgan fingerprint density at radius 1 is 0.606 bits per heavy atom. The molecule has 3 aromatic carbocycles. The van der Waals surface area contributed by atoms with Crippen molar-refractivity contribution in [2.45, 2.75) is 0 Å². The molecule has 3 N–H and O–H groups in total. The lowest BCUT2D eigenvalue weighted by Crippen LogP contribution is -2.15. The van der Waals surface area contributed by atoms with E-state index in [1.807, 2.05) is 12.1 Å². The highest BCUT2D eigenvalue weighted by atomic mass is 35.5. The predicted molar refractivity (Wildman–Crippen MR) is 133 cm³/mol. The first kappa shape index (κ1) is 22.3. The van der Waals surface area contributed by atoms with E-state index >= 15 is 0 Å². The molecule has 1 heterocycles. The normalized spacial score (nSPS) is 10.4. The largest absolute Gasteiger partial charge is 0.337 e. The van der Waals surface area contributed by atoms with E-state index in [9.17, 15) is 9.59 Å². The standard InChI is InChI=1S/C25H18Cl2N4O2/c26-18-11-7-16(8-12-18)24(32)30-21-5-2-1-4-20(21)29-23-22(6-3-15-28-23)31-25(33)17-9-13-19(27)14-10-17/h1-15H,(H,28,29)(H,30,32)(H,31,33). The van der Waals surface area contributed by atoms with Crippen LogP contribution in [0.5, 0.6) is 0 Å². The molecule has 0 saturated carbocycles. The summed E-state index contributed by atoms with van der Waals surface area (Å²) in [5.41, 5.74) is 2.59. The average Bonchev–Trinajstić information content (AvgIpc) is 2.82. The van der Waals surface area contributed by atoms with Crippen molar-refractivity contribution in [2.75, 3.05) is 16.0 Å². The van der Waals surface area contributed by atoms with Crippen LogP contribution in [0.3, 0.4) is 0 Å².